The summed E-state index contributed by atoms with van der Waals surface area (Å²) >= 11 is 0. The molecule has 0 spiro atoms. The lowest BCUT2D eigenvalue weighted by Crippen LogP contribution is -2.52. The van der Waals surface area contributed by atoms with Crippen molar-refractivity contribution in [3.63, 3.8) is 0 Å². The van der Waals surface area contributed by atoms with Crippen molar-refractivity contribution in [1.82, 2.24) is 10.6 Å². The van der Waals surface area contributed by atoms with E-state index in [9.17, 15) is 0 Å². The van der Waals surface area contributed by atoms with Gasteiger partial charge in [0.1, 0.15) is 6.17 Å². The van der Waals surface area contributed by atoms with E-state index < -0.39 is 0 Å². The molecule has 13 heavy (non-hydrogen) atoms. The zero-order chi connectivity index (χ0) is 9.68. The fraction of sp³-hybridized carbons (Fsp3) is 0.750. The maximum Gasteiger partial charge on any atom is 0.199 e. The van der Waals surface area contributed by atoms with Gasteiger partial charge in [-0.05, 0) is 13.3 Å². The van der Waals surface area contributed by atoms with E-state index in [1.165, 1.54) is 0 Å². The molecule has 4 N–H and O–H groups in total. The van der Waals surface area contributed by atoms with Crippen molar-refractivity contribution < 1.29 is 0 Å². The van der Waals surface area contributed by atoms with Crippen LogP contribution in [0.1, 0.15) is 26.7 Å². The molecule has 0 bridgehead atoms. The molecule has 0 aromatic rings. The first-order chi connectivity index (χ1) is 6.22. The monoisotopic (exact) mass is 183 g/mol. The van der Waals surface area contributed by atoms with Gasteiger partial charge < -0.3 is 11.1 Å². The molecule has 0 amide bonds. The van der Waals surface area contributed by atoms with Crippen LogP contribution in [-0.4, -0.2) is 24.6 Å². The van der Waals surface area contributed by atoms with Crippen molar-refractivity contribution in [3.05, 3.63) is 0 Å². The molecule has 1 heterocycles. The summed E-state index contributed by atoms with van der Waals surface area (Å²) in [5.41, 5.74) is 5.54. The van der Waals surface area contributed by atoms with Gasteiger partial charge in [0.25, 0.3) is 0 Å². The third-order valence-electron chi connectivity index (χ3n) is 1.71. The number of aliphatic imine (C=N–C) groups is 2. The Bertz CT molecular complexity index is 221. The van der Waals surface area contributed by atoms with E-state index in [1.807, 2.05) is 6.92 Å². The molecule has 0 aliphatic carbocycles. The number of guanidine groups is 2. The van der Waals surface area contributed by atoms with E-state index in [1.54, 1.807) is 0 Å². The molecule has 1 rings (SSSR count). The summed E-state index contributed by atoms with van der Waals surface area (Å²) < 4.78 is 0. The minimum Gasteiger partial charge on any atom is -0.370 e. The lowest BCUT2D eigenvalue weighted by Gasteiger charge is -2.20. The molecule has 0 saturated carbocycles. The molecule has 1 aliphatic heterocycles. The van der Waals surface area contributed by atoms with Gasteiger partial charge in [0.05, 0.1) is 0 Å². The second kappa shape index (κ2) is 4.69. The van der Waals surface area contributed by atoms with E-state index >= 15 is 0 Å². The van der Waals surface area contributed by atoms with Crippen molar-refractivity contribution in [2.75, 3.05) is 6.54 Å². The Morgan fingerprint density at radius 2 is 2.38 bits per heavy atom. The van der Waals surface area contributed by atoms with Crippen molar-refractivity contribution in [1.29, 1.82) is 0 Å². The SMILES string of the molecule is CCCCN=C1NC(N)=NC(C)N1. The standard InChI is InChI=1S/C8H17N5/c1-3-4-5-10-8-12-6(2)11-7(9)13-8/h6H,3-5H2,1-2H3,(H4,9,10,11,12,13). The smallest absolute Gasteiger partial charge is 0.199 e. The first kappa shape index (κ1) is 9.83. The zero-order valence-electron chi connectivity index (χ0n) is 8.17. The summed E-state index contributed by atoms with van der Waals surface area (Å²) in [5, 5.41) is 5.95. The molecule has 0 aromatic heterocycles. The summed E-state index contributed by atoms with van der Waals surface area (Å²) in [5.74, 6) is 1.16. The Hall–Kier alpha value is -1.26. The van der Waals surface area contributed by atoms with Crippen LogP contribution in [0.3, 0.4) is 0 Å². The molecule has 0 saturated heterocycles. The van der Waals surface area contributed by atoms with Gasteiger partial charge in [-0.1, -0.05) is 13.3 Å². The van der Waals surface area contributed by atoms with Crippen LogP contribution in [0.2, 0.25) is 0 Å². The largest absolute Gasteiger partial charge is 0.370 e. The Morgan fingerprint density at radius 3 is 3.00 bits per heavy atom. The summed E-state index contributed by atoms with van der Waals surface area (Å²) in [6, 6.07) is 0. The summed E-state index contributed by atoms with van der Waals surface area (Å²) in [7, 11) is 0. The highest BCUT2D eigenvalue weighted by Gasteiger charge is 2.10. The van der Waals surface area contributed by atoms with Crippen molar-refractivity contribution in [3.8, 4) is 0 Å². The van der Waals surface area contributed by atoms with Gasteiger partial charge in [0.2, 0.25) is 0 Å². The van der Waals surface area contributed by atoms with Crippen LogP contribution in [0.25, 0.3) is 0 Å². The average molecular weight is 183 g/mol. The number of hydrogen-bond acceptors (Lipinski definition) is 3. The normalized spacial score (nSPS) is 24.9. The molecule has 5 heteroatoms. The summed E-state index contributed by atoms with van der Waals surface area (Å²) in [6.45, 7) is 4.90. The highest BCUT2D eigenvalue weighted by Crippen LogP contribution is 1.91. The molecule has 0 fully saturated rings. The van der Waals surface area contributed by atoms with Crippen LogP contribution in [0, 0.1) is 0 Å². The number of nitrogens with two attached hydrogens (primary N) is 1. The van der Waals surface area contributed by atoms with Crippen LogP contribution >= 0.6 is 0 Å². The molecule has 1 aliphatic rings. The van der Waals surface area contributed by atoms with E-state index in [-0.39, 0.29) is 6.17 Å². The first-order valence-corrected chi connectivity index (χ1v) is 4.63. The molecule has 1 unspecified atom stereocenters. The predicted octanol–water partition coefficient (Wildman–Crippen LogP) is -0.00400. The predicted molar refractivity (Wildman–Crippen MR) is 54.6 cm³/mol. The maximum absolute atomic E-state index is 5.54. The molecule has 0 aromatic carbocycles. The third kappa shape index (κ3) is 3.31. The van der Waals surface area contributed by atoms with Crippen LogP contribution in [-0.2, 0) is 0 Å². The number of hydrogen-bond donors (Lipinski definition) is 3. The van der Waals surface area contributed by atoms with Crippen molar-refractivity contribution in [2.45, 2.75) is 32.9 Å². The maximum atomic E-state index is 5.54. The summed E-state index contributed by atoms with van der Waals surface area (Å²) in [6.07, 6.45) is 2.26. The molecule has 1 atom stereocenters. The fourth-order valence-corrected chi connectivity index (χ4v) is 1.06. The van der Waals surface area contributed by atoms with Crippen molar-refractivity contribution in [2.24, 2.45) is 15.7 Å². The van der Waals surface area contributed by atoms with Gasteiger partial charge in [0.15, 0.2) is 11.9 Å². The Morgan fingerprint density at radius 1 is 1.62 bits per heavy atom. The van der Waals surface area contributed by atoms with E-state index in [0.717, 1.165) is 25.3 Å². The van der Waals surface area contributed by atoms with E-state index in [0.29, 0.717) is 5.96 Å². The average Bonchev–Trinajstić information content (AvgIpc) is 2.03. The van der Waals surface area contributed by atoms with Gasteiger partial charge in [-0.15, -0.1) is 0 Å². The van der Waals surface area contributed by atoms with Gasteiger partial charge >= 0.3 is 0 Å². The Kier molecular flexibility index (Phi) is 3.54. The highest BCUT2D eigenvalue weighted by molar-refractivity contribution is 5.99. The molecular formula is C8H17N5. The topological polar surface area (TPSA) is 74.8 Å². The van der Waals surface area contributed by atoms with E-state index in [2.05, 4.69) is 27.5 Å². The number of rotatable bonds is 3. The van der Waals surface area contributed by atoms with Crippen LogP contribution in [0.15, 0.2) is 9.98 Å². The minimum atomic E-state index is 0.0154. The van der Waals surface area contributed by atoms with Gasteiger partial charge in [-0.25, -0.2) is 4.99 Å². The second-order valence-electron chi connectivity index (χ2n) is 3.04. The molecular weight excluding hydrogens is 166 g/mol. The van der Waals surface area contributed by atoms with Crippen LogP contribution in [0.4, 0.5) is 0 Å². The zero-order valence-corrected chi connectivity index (χ0v) is 8.17. The highest BCUT2D eigenvalue weighted by atomic mass is 15.3. The second-order valence-corrected chi connectivity index (χ2v) is 3.04. The summed E-state index contributed by atoms with van der Waals surface area (Å²) in [4.78, 5) is 8.36. The third-order valence-corrected chi connectivity index (χ3v) is 1.71. The Balaban J connectivity index is 2.44. The fourth-order valence-electron chi connectivity index (χ4n) is 1.06. The molecule has 0 radical (unpaired) electrons. The minimum absolute atomic E-state index is 0.0154. The molecule has 5 nitrogen and oxygen atoms in total. The van der Waals surface area contributed by atoms with Gasteiger partial charge in [-0.3, -0.25) is 10.3 Å². The van der Waals surface area contributed by atoms with Crippen LogP contribution in [0.5, 0.6) is 0 Å². The first-order valence-electron chi connectivity index (χ1n) is 4.63. The van der Waals surface area contributed by atoms with E-state index in [4.69, 9.17) is 5.73 Å². The lowest BCUT2D eigenvalue weighted by molar-refractivity contribution is 0.661. The van der Waals surface area contributed by atoms with Crippen molar-refractivity contribution >= 4 is 11.9 Å². The number of nitrogens with one attached hydrogen (secondary N) is 2. The Labute approximate surface area is 78.5 Å². The number of unbranched alkanes of at least 4 members (excludes halogenated alkanes) is 1. The van der Waals surface area contributed by atoms with Gasteiger partial charge in [0, 0.05) is 6.54 Å². The number of nitrogens with zero attached hydrogens (tertiary/aromatic N) is 2. The lowest BCUT2D eigenvalue weighted by atomic mass is 10.3. The van der Waals surface area contributed by atoms with Crippen LogP contribution < -0.4 is 16.4 Å². The quantitative estimate of drug-likeness (QED) is 0.539. The molecule has 74 valence electrons. The van der Waals surface area contributed by atoms with Gasteiger partial charge in [-0.2, -0.15) is 0 Å².